The van der Waals surface area contributed by atoms with Gasteiger partial charge in [-0.1, -0.05) is 25.0 Å². The van der Waals surface area contributed by atoms with Crippen molar-refractivity contribution in [2.24, 2.45) is 0 Å². The Labute approximate surface area is 131 Å². The van der Waals surface area contributed by atoms with Crippen LogP contribution in [0.5, 0.6) is 0 Å². The number of fused-ring (bicyclic) bond motifs is 1. The molecule has 116 valence electrons. The van der Waals surface area contributed by atoms with Crippen molar-refractivity contribution >= 4 is 22.7 Å². The van der Waals surface area contributed by atoms with Crippen molar-refractivity contribution in [1.29, 1.82) is 0 Å². The van der Waals surface area contributed by atoms with Crippen molar-refractivity contribution in [2.45, 2.75) is 31.7 Å². The summed E-state index contributed by atoms with van der Waals surface area (Å²) >= 11 is 0. The Morgan fingerprint density at radius 3 is 2.50 bits per heavy atom. The predicted octanol–water partition coefficient (Wildman–Crippen LogP) is 2.39. The number of rotatable bonds is 3. The minimum Gasteiger partial charge on any atom is -0.356 e. The second kappa shape index (κ2) is 6.08. The minimum atomic E-state index is 0.457. The third kappa shape index (κ3) is 2.73. The molecule has 0 unspecified atom stereocenters. The van der Waals surface area contributed by atoms with E-state index in [0.29, 0.717) is 6.04 Å². The van der Waals surface area contributed by atoms with Crippen LogP contribution in [0.3, 0.4) is 0 Å². The van der Waals surface area contributed by atoms with E-state index in [9.17, 15) is 0 Å². The van der Waals surface area contributed by atoms with Crippen molar-refractivity contribution in [3.8, 4) is 0 Å². The number of hydrogen-bond acceptors (Lipinski definition) is 5. The molecular formula is C17H23N5. The normalized spacial score (nSPS) is 19.7. The summed E-state index contributed by atoms with van der Waals surface area (Å²) in [7, 11) is 0. The summed E-state index contributed by atoms with van der Waals surface area (Å²) in [5, 5.41) is 7.90. The van der Waals surface area contributed by atoms with Crippen LogP contribution in [0, 0.1) is 0 Å². The highest BCUT2D eigenvalue weighted by Gasteiger charge is 2.20. The van der Waals surface area contributed by atoms with Crippen LogP contribution in [0.1, 0.15) is 25.7 Å². The topological polar surface area (TPSA) is 53.1 Å². The molecule has 0 bridgehead atoms. The lowest BCUT2D eigenvalue weighted by Crippen LogP contribution is -2.51. The molecule has 4 rings (SSSR count). The van der Waals surface area contributed by atoms with Crippen LogP contribution >= 0.6 is 0 Å². The predicted molar refractivity (Wildman–Crippen MR) is 90.5 cm³/mol. The summed E-state index contributed by atoms with van der Waals surface area (Å²) in [4.78, 5) is 12.0. The smallest absolute Gasteiger partial charge is 0.225 e. The number of anilines is 2. The Balaban J connectivity index is 1.72. The Kier molecular flexibility index (Phi) is 3.81. The number of benzene rings is 1. The number of nitrogens with one attached hydrogen (secondary N) is 2. The minimum absolute atomic E-state index is 0.457. The Bertz CT molecular complexity index is 645. The van der Waals surface area contributed by atoms with E-state index in [1.165, 1.54) is 31.1 Å². The van der Waals surface area contributed by atoms with Gasteiger partial charge in [0.05, 0.1) is 11.6 Å². The van der Waals surface area contributed by atoms with E-state index in [1.54, 1.807) is 0 Å². The molecular weight excluding hydrogens is 274 g/mol. The molecule has 22 heavy (non-hydrogen) atoms. The third-order valence-electron chi connectivity index (χ3n) is 4.60. The average molecular weight is 297 g/mol. The van der Waals surface area contributed by atoms with Crippen molar-refractivity contribution in [2.75, 3.05) is 36.4 Å². The standard InChI is InChI=1S/C17H23N5/c1-2-6-10-22(9-5-1)16-14-7-3-4-8-15(14)20-17(21-16)19-13-11-18-12-13/h3-4,7-8,13,18H,1-2,5-6,9-12H2,(H,19,20,21). The fourth-order valence-electron chi connectivity index (χ4n) is 3.22. The maximum absolute atomic E-state index is 4.86. The summed E-state index contributed by atoms with van der Waals surface area (Å²) in [6.07, 6.45) is 5.18. The van der Waals surface area contributed by atoms with Gasteiger partial charge < -0.3 is 15.5 Å². The summed E-state index contributed by atoms with van der Waals surface area (Å²) in [5.74, 6) is 1.87. The molecule has 0 saturated carbocycles. The number of aromatic nitrogens is 2. The summed E-state index contributed by atoms with van der Waals surface area (Å²) < 4.78 is 0. The Morgan fingerprint density at radius 2 is 1.77 bits per heavy atom. The largest absolute Gasteiger partial charge is 0.356 e. The monoisotopic (exact) mass is 297 g/mol. The Morgan fingerprint density at radius 1 is 1.00 bits per heavy atom. The highest BCUT2D eigenvalue weighted by Crippen LogP contribution is 2.27. The molecule has 2 aromatic rings. The molecule has 3 heterocycles. The quantitative estimate of drug-likeness (QED) is 0.911. The van der Waals surface area contributed by atoms with Gasteiger partial charge in [0, 0.05) is 31.6 Å². The first-order valence-electron chi connectivity index (χ1n) is 8.39. The van der Waals surface area contributed by atoms with Gasteiger partial charge in [-0.25, -0.2) is 4.98 Å². The van der Waals surface area contributed by atoms with Gasteiger partial charge in [0.1, 0.15) is 5.82 Å². The zero-order valence-corrected chi connectivity index (χ0v) is 12.9. The second-order valence-electron chi connectivity index (χ2n) is 6.29. The van der Waals surface area contributed by atoms with Crippen LogP contribution in [-0.2, 0) is 0 Å². The van der Waals surface area contributed by atoms with Gasteiger partial charge in [0.15, 0.2) is 0 Å². The average Bonchev–Trinajstić information content (AvgIpc) is 2.79. The van der Waals surface area contributed by atoms with Gasteiger partial charge in [-0.05, 0) is 25.0 Å². The first-order valence-corrected chi connectivity index (χ1v) is 8.39. The van der Waals surface area contributed by atoms with Crippen LogP contribution in [0.25, 0.3) is 10.9 Å². The van der Waals surface area contributed by atoms with E-state index in [1.807, 2.05) is 0 Å². The molecule has 0 amide bonds. The maximum Gasteiger partial charge on any atom is 0.225 e. The van der Waals surface area contributed by atoms with Gasteiger partial charge in [-0.15, -0.1) is 0 Å². The van der Waals surface area contributed by atoms with Crippen LogP contribution in [0.15, 0.2) is 24.3 Å². The van der Waals surface area contributed by atoms with Gasteiger partial charge in [0.2, 0.25) is 5.95 Å². The van der Waals surface area contributed by atoms with Crippen molar-refractivity contribution in [3.05, 3.63) is 24.3 Å². The molecule has 2 N–H and O–H groups in total. The van der Waals surface area contributed by atoms with Crippen LogP contribution in [-0.4, -0.2) is 42.2 Å². The number of nitrogens with zero attached hydrogens (tertiary/aromatic N) is 3. The van der Waals surface area contributed by atoms with E-state index < -0.39 is 0 Å². The first-order chi connectivity index (χ1) is 10.9. The lowest BCUT2D eigenvalue weighted by molar-refractivity contribution is 0.470. The molecule has 1 aromatic carbocycles. The molecule has 2 saturated heterocycles. The van der Waals surface area contributed by atoms with E-state index in [-0.39, 0.29) is 0 Å². The summed E-state index contributed by atoms with van der Waals surface area (Å²) in [6.45, 7) is 4.20. The molecule has 1 aromatic heterocycles. The van der Waals surface area contributed by atoms with Gasteiger partial charge in [-0.3, -0.25) is 0 Å². The van der Waals surface area contributed by atoms with Crippen molar-refractivity contribution in [1.82, 2.24) is 15.3 Å². The summed E-state index contributed by atoms with van der Waals surface area (Å²) in [5.41, 5.74) is 1.03. The molecule has 2 aliphatic rings. The molecule has 5 heteroatoms. The van der Waals surface area contributed by atoms with Crippen LogP contribution < -0.4 is 15.5 Å². The molecule has 0 atom stereocenters. The van der Waals surface area contributed by atoms with E-state index in [4.69, 9.17) is 9.97 Å². The van der Waals surface area contributed by atoms with Crippen molar-refractivity contribution in [3.63, 3.8) is 0 Å². The van der Waals surface area contributed by atoms with E-state index in [0.717, 1.165) is 43.5 Å². The van der Waals surface area contributed by atoms with Gasteiger partial charge >= 0.3 is 0 Å². The molecule has 2 aliphatic heterocycles. The molecule has 5 nitrogen and oxygen atoms in total. The van der Waals surface area contributed by atoms with Crippen molar-refractivity contribution < 1.29 is 0 Å². The van der Waals surface area contributed by atoms with E-state index in [2.05, 4.69) is 39.8 Å². The maximum atomic E-state index is 4.86. The van der Waals surface area contributed by atoms with Crippen LogP contribution in [0.4, 0.5) is 11.8 Å². The zero-order valence-electron chi connectivity index (χ0n) is 12.9. The first kappa shape index (κ1) is 13.8. The fourth-order valence-corrected chi connectivity index (χ4v) is 3.22. The summed E-state index contributed by atoms with van der Waals surface area (Å²) in [6, 6.07) is 8.82. The molecule has 0 spiro atoms. The SMILES string of the molecule is c1ccc2c(N3CCCCCC3)nc(NC3CNC3)nc2c1. The molecule has 0 aliphatic carbocycles. The Hall–Kier alpha value is -1.88. The lowest BCUT2D eigenvalue weighted by Gasteiger charge is -2.29. The molecule has 2 fully saturated rings. The zero-order chi connectivity index (χ0) is 14.8. The highest BCUT2D eigenvalue weighted by atomic mass is 15.2. The van der Waals surface area contributed by atoms with Gasteiger partial charge in [0.25, 0.3) is 0 Å². The lowest BCUT2D eigenvalue weighted by atomic mass is 10.2. The number of hydrogen-bond donors (Lipinski definition) is 2. The molecule has 0 radical (unpaired) electrons. The fraction of sp³-hybridized carbons (Fsp3) is 0.529. The number of para-hydroxylation sites is 1. The third-order valence-corrected chi connectivity index (χ3v) is 4.60. The second-order valence-corrected chi connectivity index (χ2v) is 6.29. The van der Waals surface area contributed by atoms with Crippen LogP contribution in [0.2, 0.25) is 0 Å². The van der Waals surface area contributed by atoms with Gasteiger partial charge in [-0.2, -0.15) is 4.98 Å². The highest BCUT2D eigenvalue weighted by molar-refractivity contribution is 5.90. The van der Waals surface area contributed by atoms with E-state index >= 15 is 0 Å².